The van der Waals surface area contributed by atoms with Crippen molar-refractivity contribution in [2.45, 2.75) is 19.1 Å². The summed E-state index contributed by atoms with van der Waals surface area (Å²) in [7, 11) is 0. The molecule has 2 amide bonds. The van der Waals surface area contributed by atoms with Crippen LogP contribution in [0, 0.1) is 0 Å². The second-order valence-corrected chi connectivity index (χ2v) is 5.50. The minimum Gasteiger partial charge on any atom is -0.480 e. The minimum atomic E-state index is -1.09. The third-order valence-electron chi connectivity index (χ3n) is 3.74. The molecule has 2 heterocycles. The zero-order valence-corrected chi connectivity index (χ0v) is 13.1. The molecule has 0 aromatic heterocycles. The van der Waals surface area contributed by atoms with Crippen molar-refractivity contribution in [1.82, 2.24) is 9.80 Å². The highest BCUT2D eigenvalue weighted by Gasteiger charge is 2.32. The molecule has 2 fully saturated rings. The summed E-state index contributed by atoms with van der Waals surface area (Å²) in [6.45, 7) is 3.23. The van der Waals surface area contributed by atoms with Crippen molar-refractivity contribution >= 4 is 17.8 Å². The average molecular weight is 330 g/mol. The van der Waals surface area contributed by atoms with Crippen molar-refractivity contribution in [1.29, 1.82) is 0 Å². The van der Waals surface area contributed by atoms with Gasteiger partial charge in [0.15, 0.2) is 6.10 Å². The number of carbonyl (C=O) groups excluding carboxylic acids is 2. The predicted octanol–water partition coefficient (Wildman–Crippen LogP) is -1.44. The van der Waals surface area contributed by atoms with Gasteiger partial charge >= 0.3 is 5.97 Å². The van der Waals surface area contributed by atoms with Crippen LogP contribution in [0.1, 0.15) is 6.92 Å². The Labute approximate surface area is 134 Å². The molecule has 0 saturated carbocycles. The fourth-order valence-corrected chi connectivity index (χ4v) is 2.58. The zero-order chi connectivity index (χ0) is 16.8. The first-order chi connectivity index (χ1) is 11.0. The number of morpholine rings is 1. The van der Waals surface area contributed by atoms with E-state index in [0.29, 0.717) is 32.9 Å². The molecule has 2 unspecified atom stereocenters. The van der Waals surface area contributed by atoms with Crippen LogP contribution in [0.2, 0.25) is 0 Å². The van der Waals surface area contributed by atoms with Gasteiger partial charge in [0.05, 0.1) is 32.5 Å². The third-order valence-corrected chi connectivity index (χ3v) is 3.74. The molecule has 9 nitrogen and oxygen atoms in total. The zero-order valence-electron chi connectivity index (χ0n) is 13.1. The fourth-order valence-electron chi connectivity index (χ4n) is 2.58. The summed E-state index contributed by atoms with van der Waals surface area (Å²) < 4.78 is 16.2. The van der Waals surface area contributed by atoms with Crippen molar-refractivity contribution in [3.05, 3.63) is 0 Å². The first-order valence-corrected chi connectivity index (χ1v) is 7.54. The molecule has 2 aliphatic heterocycles. The molecule has 0 radical (unpaired) electrons. The second kappa shape index (κ2) is 8.23. The summed E-state index contributed by atoms with van der Waals surface area (Å²) in [6, 6.07) is 0. The number of carbonyl (C=O) groups is 3. The number of carboxylic acid groups (broad SMARTS) is 1. The van der Waals surface area contributed by atoms with Gasteiger partial charge in [0, 0.05) is 26.6 Å². The summed E-state index contributed by atoms with van der Waals surface area (Å²) in [5.41, 5.74) is 0. The van der Waals surface area contributed by atoms with Gasteiger partial charge in [0.2, 0.25) is 5.91 Å². The molecule has 2 rings (SSSR count). The molecule has 9 heteroatoms. The van der Waals surface area contributed by atoms with Gasteiger partial charge < -0.3 is 29.1 Å². The standard InChI is InChI=1S/C14H22N2O7/c1-10(17)16(8-13(18)19)7-11-6-15(2-3-22-11)14(20)12-9-21-4-5-23-12/h11-12H,2-9H2,1H3,(H,18,19). The maximum atomic E-state index is 12.4. The molecule has 0 aliphatic carbocycles. The molecule has 2 aliphatic rings. The van der Waals surface area contributed by atoms with Crippen LogP contribution in [-0.4, -0.2) is 97.5 Å². The Bertz CT molecular complexity index is 450. The number of rotatable bonds is 5. The van der Waals surface area contributed by atoms with E-state index in [0.717, 1.165) is 0 Å². The Morgan fingerprint density at radius 2 is 2.00 bits per heavy atom. The van der Waals surface area contributed by atoms with Crippen molar-refractivity contribution in [2.75, 3.05) is 52.6 Å². The van der Waals surface area contributed by atoms with Gasteiger partial charge in [0.1, 0.15) is 6.54 Å². The molecule has 0 aromatic rings. The number of carboxylic acids is 1. The second-order valence-electron chi connectivity index (χ2n) is 5.50. The van der Waals surface area contributed by atoms with E-state index >= 15 is 0 Å². The van der Waals surface area contributed by atoms with Crippen LogP contribution >= 0.6 is 0 Å². The summed E-state index contributed by atoms with van der Waals surface area (Å²) >= 11 is 0. The van der Waals surface area contributed by atoms with Gasteiger partial charge in [0.25, 0.3) is 5.91 Å². The summed E-state index contributed by atoms with van der Waals surface area (Å²) in [5.74, 6) is -1.59. The van der Waals surface area contributed by atoms with Crippen molar-refractivity contribution in [3.63, 3.8) is 0 Å². The van der Waals surface area contributed by atoms with E-state index in [1.165, 1.54) is 11.8 Å². The van der Waals surface area contributed by atoms with E-state index in [1.54, 1.807) is 4.90 Å². The number of hydrogen-bond acceptors (Lipinski definition) is 6. The Balaban J connectivity index is 1.90. The van der Waals surface area contributed by atoms with Crippen LogP contribution in [0.4, 0.5) is 0 Å². The molecule has 2 saturated heterocycles. The number of hydrogen-bond donors (Lipinski definition) is 1. The van der Waals surface area contributed by atoms with E-state index in [4.69, 9.17) is 19.3 Å². The van der Waals surface area contributed by atoms with Gasteiger partial charge in [-0.25, -0.2) is 0 Å². The van der Waals surface area contributed by atoms with Gasteiger partial charge in [-0.3, -0.25) is 14.4 Å². The van der Waals surface area contributed by atoms with E-state index in [9.17, 15) is 14.4 Å². The van der Waals surface area contributed by atoms with Crippen molar-refractivity contribution in [2.24, 2.45) is 0 Å². The molecule has 1 N–H and O–H groups in total. The van der Waals surface area contributed by atoms with Crippen LogP contribution in [0.5, 0.6) is 0 Å². The van der Waals surface area contributed by atoms with Gasteiger partial charge in [-0.2, -0.15) is 0 Å². The highest BCUT2D eigenvalue weighted by Crippen LogP contribution is 2.12. The quantitative estimate of drug-likeness (QED) is 0.658. The molecule has 0 aromatic carbocycles. The van der Waals surface area contributed by atoms with Crippen LogP contribution in [0.25, 0.3) is 0 Å². The lowest BCUT2D eigenvalue weighted by molar-refractivity contribution is -0.165. The highest BCUT2D eigenvalue weighted by molar-refractivity contribution is 5.81. The smallest absolute Gasteiger partial charge is 0.323 e. The van der Waals surface area contributed by atoms with E-state index in [1.807, 2.05) is 0 Å². The number of amides is 2. The van der Waals surface area contributed by atoms with Gasteiger partial charge in [-0.1, -0.05) is 0 Å². The maximum Gasteiger partial charge on any atom is 0.323 e. The summed E-state index contributed by atoms with van der Waals surface area (Å²) in [5, 5.41) is 8.84. The van der Waals surface area contributed by atoms with E-state index in [-0.39, 0.29) is 31.5 Å². The molecule has 23 heavy (non-hydrogen) atoms. The Hall–Kier alpha value is -1.71. The van der Waals surface area contributed by atoms with Crippen molar-refractivity contribution < 1.29 is 33.7 Å². The monoisotopic (exact) mass is 330 g/mol. The van der Waals surface area contributed by atoms with Gasteiger partial charge in [-0.15, -0.1) is 0 Å². The molecule has 0 spiro atoms. The largest absolute Gasteiger partial charge is 0.480 e. The molecule has 130 valence electrons. The van der Waals surface area contributed by atoms with Crippen LogP contribution < -0.4 is 0 Å². The molecule has 0 bridgehead atoms. The summed E-state index contributed by atoms with van der Waals surface area (Å²) in [6.07, 6.45) is -1.02. The van der Waals surface area contributed by atoms with Crippen LogP contribution in [-0.2, 0) is 28.6 Å². The summed E-state index contributed by atoms with van der Waals surface area (Å²) in [4.78, 5) is 37.5. The lowest BCUT2D eigenvalue weighted by Crippen LogP contribution is -2.54. The molecular weight excluding hydrogens is 308 g/mol. The molecule has 2 atom stereocenters. The Morgan fingerprint density at radius 1 is 1.22 bits per heavy atom. The third kappa shape index (κ3) is 5.15. The first-order valence-electron chi connectivity index (χ1n) is 7.54. The van der Waals surface area contributed by atoms with E-state index in [2.05, 4.69) is 0 Å². The lowest BCUT2D eigenvalue weighted by atomic mass is 10.2. The van der Waals surface area contributed by atoms with Crippen LogP contribution in [0.15, 0.2) is 0 Å². The Morgan fingerprint density at radius 3 is 2.61 bits per heavy atom. The first kappa shape index (κ1) is 17.6. The topological polar surface area (TPSA) is 106 Å². The predicted molar refractivity (Wildman–Crippen MR) is 76.8 cm³/mol. The minimum absolute atomic E-state index is 0.132. The van der Waals surface area contributed by atoms with Gasteiger partial charge in [-0.05, 0) is 0 Å². The van der Waals surface area contributed by atoms with Crippen molar-refractivity contribution in [3.8, 4) is 0 Å². The molecular formula is C14H22N2O7. The highest BCUT2D eigenvalue weighted by atomic mass is 16.6. The number of aliphatic carboxylic acids is 1. The lowest BCUT2D eigenvalue weighted by Gasteiger charge is -2.37. The van der Waals surface area contributed by atoms with E-state index < -0.39 is 18.2 Å². The number of nitrogens with zero attached hydrogens (tertiary/aromatic N) is 2. The maximum absolute atomic E-state index is 12.4. The SMILES string of the molecule is CC(=O)N(CC(=O)O)CC1CN(C(=O)C2COCCO2)CCO1. The fraction of sp³-hybridized carbons (Fsp3) is 0.786. The van der Waals surface area contributed by atoms with Crippen LogP contribution in [0.3, 0.4) is 0 Å². The Kier molecular flexibility index (Phi) is 6.31. The average Bonchev–Trinajstić information content (AvgIpc) is 2.54. The number of ether oxygens (including phenoxy) is 3. The normalized spacial score (nSPS) is 25.0.